The number of isothiocyanates is 1. The Hall–Kier alpha value is -2.22. The van der Waals surface area contributed by atoms with Crippen LogP contribution in [0.15, 0.2) is 33.2 Å². The quantitative estimate of drug-likeness (QED) is 0.443. The van der Waals surface area contributed by atoms with Crippen LogP contribution in [-0.2, 0) is 9.59 Å². The van der Waals surface area contributed by atoms with Gasteiger partial charge < -0.3 is 0 Å². The van der Waals surface area contributed by atoms with Crippen LogP contribution in [-0.4, -0.2) is 17.3 Å². The first-order valence-corrected chi connectivity index (χ1v) is 4.09. The topological polar surface area (TPSA) is 71.2 Å². The van der Waals surface area contributed by atoms with Crippen molar-refractivity contribution in [3.8, 4) is 0 Å². The van der Waals surface area contributed by atoms with E-state index in [4.69, 9.17) is 0 Å². The second kappa shape index (κ2) is 5.50. The lowest BCUT2D eigenvalue weighted by Crippen LogP contribution is -1.68. The Morgan fingerprint density at radius 3 is 1.60 bits per heavy atom. The van der Waals surface area contributed by atoms with Crippen molar-refractivity contribution in [1.29, 1.82) is 0 Å². The summed E-state index contributed by atoms with van der Waals surface area (Å²) in [7, 11) is 0. The Bertz CT molecular complexity index is 434. The molecule has 1 aromatic carbocycles. The number of thiocarbonyl (C=S) groups is 1. The average molecular weight is 217 g/mol. The van der Waals surface area contributed by atoms with Gasteiger partial charge in [0.15, 0.2) is 0 Å². The van der Waals surface area contributed by atoms with E-state index in [1.54, 1.807) is 0 Å². The molecule has 0 aliphatic rings. The van der Waals surface area contributed by atoms with Crippen LogP contribution >= 0.6 is 12.2 Å². The third-order valence-electron chi connectivity index (χ3n) is 1.41. The van der Waals surface area contributed by atoms with Gasteiger partial charge in [0.2, 0.25) is 12.2 Å². The summed E-state index contributed by atoms with van der Waals surface area (Å²) >= 11 is 4.42. The molecule has 72 valence electrons. The van der Waals surface area contributed by atoms with Crippen molar-refractivity contribution in [3.05, 3.63) is 18.2 Å². The molecular weight excluding hydrogens is 214 g/mol. The lowest BCUT2D eigenvalue weighted by Gasteiger charge is -1.95. The number of nitrogens with zero attached hydrogens (tertiary/aromatic N) is 3. The fourth-order valence-electron chi connectivity index (χ4n) is 0.931. The second-order valence-corrected chi connectivity index (χ2v) is 2.50. The van der Waals surface area contributed by atoms with Crippen molar-refractivity contribution in [1.82, 2.24) is 0 Å². The number of hydrogen-bond acceptors (Lipinski definition) is 6. The minimum Gasteiger partial charge on any atom is -0.211 e. The molecule has 0 amide bonds. The zero-order valence-corrected chi connectivity index (χ0v) is 8.11. The molecule has 0 saturated carbocycles. The number of carbonyl (C=O) groups excluding carboxylic acids is 2. The van der Waals surface area contributed by atoms with E-state index >= 15 is 0 Å². The van der Waals surface area contributed by atoms with Crippen molar-refractivity contribution >= 4 is 46.6 Å². The molecule has 0 atom stereocenters. The highest BCUT2D eigenvalue weighted by molar-refractivity contribution is 7.78. The van der Waals surface area contributed by atoms with Crippen LogP contribution in [0, 0.1) is 0 Å². The predicted octanol–water partition coefficient (Wildman–Crippen LogP) is 2.36. The number of benzene rings is 1. The first-order chi connectivity index (χ1) is 7.30. The second-order valence-electron chi connectivity index (χ2n) is 2.32. The number of isocyanates is 2. The summed E-state index contributed by atoms with van der Waals surface area (Å²) in [6, 6.07) is 4.38. The highest BCUT2D eigenvalue weighted by Crippen LogP contribution is 2.27. The standard InChI is InChI=1S/C9H3N3O2S/c13-4-10-7-1-8(11-5-14)3-9(2-7)12-6-15/h1-3H. The van der Waals surface area contributed by atoms with Crippen molar-refractivity contribution in [2.45, 2.75) is 0 Å². The van der Waals surface area contributed by atoms with Crippen LogP contribution in [0.3, 0.4) is 0 Å². The molecule has 0 heterocycles. The van der Waals surface area contributed by atoms with Gasteiger partial charge in [0.25, 0.3) is 0 Å². The van der Waals surface area contributed by atoms with E-state index in [-0.39, 0.29) is 11.4 Å². The molecule has 5 nitrogen and oxygen atoms in total. The molecule has 0 aliphatic carbocycles. The van der Waals surface area contributed by atoms with Crippen molar-refractivity contribution in [2.24, 2.45) is 15.0 Å². The Balaban J connectivity index is 3.36. The summed E-state index contributed by atoms with van der Waals surface area (Å²) in [5, 5.41) is 2.15. The summed E-state index contributed by atoms with van der Waals surface area (Å²) < 4.78 is 0. The maximum atomic E-state index is 10.0. The van der Waals surface area contributed by atoms with E-state index in [1.807, 2.05) is 0 Å². The summed E-state index contributed by atoms with van der Waals surface area (Å²) in [6.07, 6.45) is 2.74. The van der Waals surface area contributed by atoms with Crippen LogP contribution in [0.1, 0.15) is 0 Å². The maximum absolute atomic E-state index is 10.0. The molecule has 0 radical (unpaired) electrons. The molecule has 0 aromatic heterocycles. The first-order valence-electron chi connectivity index (χ1n) is 3.69. The molecule has 1 aromatic rings. The molecule has 6 heteroatoms. The van der Waals surface area contributed by atoms with Crippen molar-refractivity contribution < 1.29 is 9.59 Å². The van der Waals surface area contributed by atoms with Crippen molar-refractivity contribution in [2.75, 3.05) is 0 Å². The molecule has 1 rings (SSSR count). The normalized spacial score (nSPS) is 8.00. The molecular formula is C9H3N3O2S. The minimum absolute atomic E-state index is 0.283. The Kier molecular flexibility index (Phi) is 3.98. The van der Waals surface area contributed by atoms with Crippen molar-refractivity contribution in [3.63, 3.8) is 0 Å². The van der Waals surface area contributed by atoms with Gasteiger partial charge in [-0.05, 0) is 30.4 Å². The van der Waals surface area contributed by atoms with Crippen LogP contribution in [0.25, 0.3) is 0 Å². The Morgan fingerprint density at radius 1 is 0.867 bits per heavy atom. The van der Waals surface area contributed by atoms with Gasteiger partial charge in [-0.3, -0.25) is 0 Å². The largest absolute Gasteiger partial charge is 0.240 e. The molecule has 0 fully saturated rings. The molecule has 15 heavy (non-hydrogen) atoms. The average Bonchev–Trinajstić information content (AvgIpc) is 2.19. The summed E-state index contributed by atoms with van der Waals surface area (Å²) in [4.78, 5) is 30.5. The van der Waals surface area contributed by atoms with Gasteiger partial charge in [0.05, 0.1) is 22.2 Å². The van der Waals surface area contributed by atoms with E-state index in [0.29, 0.717) is 5.69 Å². The zero-order chi connectivity index (χ0) is 11.1. The predicted molar refractivity (Wildman–Crippen MR) is 56.7 cm³/mol. The molecule has 0 saturated heterocycles. The molecule has 0 unspecified atom stereocenters. The van der Waals surface area contributed by atoms with Crippen LogP contribution in [0.2, 0.25) is 0 Å². The Labute approximate surface area is 89.9 Å². The van der Waals surface area contributed by atoms with E-state index in [9.17, 15) is 9.59 Å². The van der Waals surface area contributed by atoms with Gasteiger partial charge in [-0.2, -0.15) is 15.0 Å². The Morgan fingerprint density at radius 2 is 1.27 bits per heavy atom. The zero-order valence-electron chi connectivity index (χ0n) is 7.30. The van der Waals surface area contributed by atoms with Crippen LogP contribution < -0.4 is 0 Å². The number of rotatable bonds is 3. The van der Waals surface area contributed by atoms with Gasteiger partial charge in [-0.15, -0.1) is 0 Å². The fraction of sp³-hybridized carbons (Fsp3) is 0. The molecule has 0 N–H and O–H groups in total. The summed E-state index contributed by atoms with van der Waals surface area (Å²) in [5.74, 6) is 0. The van der Waals surface area contributed by atoms with Gasteiger partial charge >= 0.3 is 0 Å². The highest BCUT2D eigenvalue weighted by Gasteiger charge is 1.98. The number of aliphatic imine (C=N–C) groups is 3. The lowest BCUT2D eigenvalue weighted by molar-refractivity contribution is 0.565. The van der Waals surface area contributed by atoms with E-state index in [1.165, 1.54) is 30.4 Å². The van der Waals surface area contributed by atoms with E-state index < -0.39 is 0 Å². The van der Waals surface area contributed by atoms with Gasteiger partial charge in [-0.25, -0.2) is 9.59 Å². The van der Waals surface area contributed by atoms with Gasteiger partial charge in [0, 0.05) is 0 Å². The third kappa shape index (κ3) is 3.19. The first kappa shape index (κ1) is 10.9. The summed E-state index contributed by atoms with van der Waals surface area (Å²) in [5.41, 5.74) is 0.964. The van der Waals surface area contributed by atoms with Gasteiger partial charge in [-0.1, -0.05) is 0 Å². The fourth-order valence-corrected chi connectivity index (χ4v) is 1.04. The maximum Gasteiger partial charge on any atom is 0.240 e. The molecule has 0 bridgehead atoms. The SMILES string of the molecule is O=C=Nc1cc(N=C=O)cc(N=C=S)c1. The third-order valence-corrected chi connectivity index (χ3v) is 1.50. The number of hydrogen-bond donors (Lipinski definition) is 0. The lowest BCUT2D eigenvalue weighted by atomic mass is 10.2. The van der Waals surface area contributed by atoms with E-state index in [0.717, 1.165) is 0 Å². The van der Waals surface area contributed by atoms with Crippen LogP contribution in [0.5, 0.6) is 0 Å². The van der Waals surface area contributed by atoms with Gasteiger partial charge in [0.1, 0.15) is 0 Å². The smallest absolute Gasteiger partial charge is 0.211 e. The molecule has 0 aliphatic heterocycles. The minimum atomic E-state index is 0.283. The van der Waals surface area contributed by atoms with E-state index in [2.05, 4.69) is 32.4 Å². The van der Waals surface area contributed by atoms with Crippen LogP contribution in [0.4, 0.5) is 17.1 Å². The highest BCUT2D eigenvalue weighted by atomic mass is 32.1. The molecule has 0 spiro atoms. The summed E-state index contributed by atoms with van der Waals surface area (Å²) in [6.45, 7) is 0. The monoisotopic (exact) mass is 217 g/mol.